The van der Waals surface area contributed by atoms with Crippen LogP contribution in [0.1, 0.15) is 116 Å². The molecule has 2 nitrogen and oxygen atoms in total. The maximum atomic E-state index is 2.93. The molecule has 0 aromatic rings. The molecule has 2 saturated carbocycles. The SMILES string of the molecule is C1CCCC(N2CCCCCCN2C2CCCCCCC2)CCC1. The van der Waals surface area contributed by atoms with E-state index in [1.807, 2.05) is 0 Å². The predicted octanol–water partition coefficient (Wildman–Crippen LogP) is 6.31. The van der Waals surface area contributed by atoms with Gasteiger partial charge < -0.3 is 0 Å². The Labute approximate surface area is 151 Å². The van der Waals surface area contributed by atoms with E-state index in [-0.39, 0.29) is 0 Å². The number of hydrogen-bond donors (Lipinski definition) is 0. The van der Waals surface area contributed by atoms with Crippen molar-refractivity contribution in [1.29, 1.82) is 0 Å². The topological polar surface area (TPSA) is 6.48 Å². The Morgan fingerprint density at radius 1 is 0.333 bits per heavy atom. The third-order valence-electron chi connectivity index (χ3n) is 6.85. The minimum Gasteiger partial charge on any atom is -0.238 e. The van der Waals surface area contributed by atoms with Gasteiger partial charge in [-0.15, -0.1) is 0 Å². The van der Waals surface area contributed by atoms with Gasteiger partial charge in [0, 0.05) is 25.2 Å². The van der Waals surface area contributed by atoms with Crippen LogP contribution in [0.3, 0.4) is 0 Å². The Bertz CT molecular complexity index is 282. The summed E-state index contributed by atoms with van der Waals surface area (Å²) < 4.78 is 0. The maximum Gasteiger partial charge on any atom is 0.0246 e. The lowest BCUT2D eigenvalue weighted by molar-refractivity contribution is -0.109. The van der Waals surface area contributed by atoms with E-state index in [4.69, 9.17) is 0 Å². The van der Waals surface area contributed by atoms with Crippen LogP contribution in [0.5, 0.6) is 0 Å². The summed E-state index contributed by atoms with van der Waals surface area (Å²) in [5.41, 5.74) is 0. The Morgan fingerprint density at radius 2 is 0.625 bits per heavy atom. The smallest absolute Gasteiger partial charge is 0.0246 e. The Morgan fingerprint density at radius 3 is 1.00 bits per heavy atom. The molecule has 3 aliphatic rings. The van der Waals surface area contributed by atoms with E-state index < -0.39 is 0 Å². The molecule has 0 unspecified atom stereocenters. The number of nitrogens with zero attached hydrogens (tertiary/aromatic N) is 2. The van der Waals surface area contributed by atoms with Crippen LogP contribution in [-0.4, -0.2) is 35.2 Å². The van der Waals surface area contributed by atoms with Crippen LogP contribution in [0.2, 0.25) is 0 Å². The fraction of sp³-hybridized carbons (Fsp3) is 1.00. The molecule has 1 saturated heterocycles. The van der Waals surface area contributed by atoms with Crippen molar-refractivity contribution >= 4 is 0 Å². The van der Waals surface area contributed by atoms with E-state index in [0.717, 1.165) is 12.1 Å². The first-order chi connectivity index (χ1) is 11.9. The largest absolute Gasteiger partial charge is 0.238 e. The van der Waals surface area contributed by atoms with Gasteiger partial charge in [0.05, 0.1) is 0 Å². The van der Waals surface area contributed by atoms with E-state index in [0.29, 0.717) is 0 Å². The van der Waals surface area contributed by atoms with Gasteiger partial charge in [0.2, 0.25) is 0 Å². The van der Waals surface area contributed by atoms with Gasteiger partial charge in [-0.3, -0.25) is 0 Å². The molecule has 0 atom stereocenters. The maximum absolute atomic E-state index is 2.93. The average molecular weight is 335 g/mol. The average Bonchev–Trinajstić information content (AvgIpc) is 2.49. The highest BCUT2D eigenvalue weighted by Gasteiger charge is 2.30. The number of rotatable bonds is 2. The zero-order chi connectivity index (χ0) is 16.5. The fourth-order valence-corrected chi connectivity index (χ4v) is 5.41. The molecule has 0 spiro atoms. The zero-order valence-electron chi connectivity index (χ0n) is 16.2. The van der Waals surface area contributed by atoms with E-state index in [9.17, 15) is 0 Å². The van der Waals surface area contributed by atoms with Crippen LogP contribution >= 0.6 is 0 Å². The lowest BCUT2D eigenvalue weighted by Crippen LogP contribution is -2.55. The summed E-state index contributed by atoms with van der Waals surface area (Å²) in [6, 6.07) is 1.71. The van der Waals surface area contributed by atoms with Gasteiger partial charge in [-0.05, 0) is 38.5 Å². The summed E-state index contributed by atoms with van der Waals surface area (Å²) in [6.07, 6.45) is 26.4. The molecule has 0 aromatic carbocycles. The van der Waals surface area contributed by atoms with Crippen LogP contribution in [-0.2, 0) is 0 Å². The molecule has 1 heterocycles. The minimum absolute atomic E-state index is 0.855. The standard InChI is InChI=1S/C22H42N2/c1-3-9-15-21(16-10-4-1)23-19-13-7-8-14-20-24(23)22-17-11-5-2-6-12-18-22/h21-22H,1-20H2. The van der Waals surface area contributed by atoms with Crippen molar-refractivity contribution in [1.82, 2.24) is 10.0 Å². The van der Waals surface area contributed by atoms with Gasteiger partial charge in [-0.2, -0.15) is 0 Å². The van der Waals surface area contributed by atoms with Crippen molar-refractivity contribution in [3.63, 3.8) is 0 Å². The normalized spacial score (nSPS) is 29.0. The van der Waals surface area contributed by atoms with Gasteiger partial charge in [-0.1, -0.05) is 77.0 Å². The van der Waals surface area contributed by atoms with Gasteiger partial charge in [0.25, 0.3) is 0 Å². The first kappa shape index (κ1) is 18.7. The summed E-state index contributed by atoms with van der Waals surface area (Å²) in [6.45, 7) is 2.70. The van der Waals surface area contributed by atoms with Crippen molar-refractivity contribution in [3.05, 3.63) is 0 Å². The lowest BCUT2D eigenvalue weighted by Gasteiger charge is -2.47. The first-order valence-corrected chi connectivity index (χ1v) is 11.5. The number of hydrazine groups is 1. The summed E-state index contributed by atoms with van der Waals surface area (Å²) in [4.78, 5) is 0. The molecular formula is C22H42N2. The quantitative estimate of drug-likeness (QED) is 0.584. The molecule has 140 valence electrons. The second-order valence-electron chi connectivity index (χ2n) is 8.74. The second kappa shape index (κ2) is 10.8. The lowest BCUT2D eigenvalue weighted by atomic mass is 9.94. The van der Waals surface area contributed by atoms with E-state index >= 15 is 0 Å². The highest BCUT2D eigenvalue weighted by molar-refractivity contribution is 4.80. The van der Waals surface area contributed by atoms with Gasteiger partial charge in [-0.25, -0.2) is 10.0 Å². The Balaban J connectivity index is 1.69. The van der Waals surface area contributed by atoms with Crippen molar-refractivity contribution in [2.75, 3.05) is 13.1 Å². The van der Waals surface area contributed by atoms with Crippen molar-refractivity contribution in [2.24, 2.45) is 0 Å². The third-order valence-corrected chi connectivity index (χ3v) is 6.85. The first-order valence-electron chi connectivity index (χ1n) is 11.5. The van der Waals surface area contributed by atoms with Crippen LogP contribution in [0.4, 0.5) is 0 Å². The summed E-state index contributed by atoms with van der Waals surface area (Å²) in [5.74, 6) is 0. The van der Waals surface area contributed by atoms with Crippen LogP contribution in [0.25, 0.3) is 0 Å². The van der Waals surface area contributed by atoms with E-state index in [2.05, 4.69) is 10.0 Å². The van der Waals surface area contributed by atoms with Crippen molar-refractivity contribution < 1.29 is 0 Å². The molecule has 0 radical (unpaired) electrons. The molecule has 1 aliphatic heterocycles. The summed E-state index contributed by atoms with van der Waals surface area (Å²) in [5, 5.41) is 5.85. The highest BCUT2D eigenvalue weighted by atomic mass is 15.6. The molecule has 0 bridgehead atoms. The Hall–Kier alpha value is -0.0800. The van der Waals surface area contributed by atoms with Crippen LogP contribution in [0.15, 0.2) is 0 Å². The molecule has 0 aromatic heterocycles. The monoisotopic (exact) mass is 334 g/mol. The van der Waals surface area contributed by atoms with Crippen molar-refractivity contribution in [3.8, 4) is 0 Å². The Kier molecular flexibility index (Phi) is 8.42. The summed E-state index contributed by atoms with van der Waals surface area (Å²) in [7, 11) is 0. The van der Waals surface area contributed by atoms with Gasteiger partial charge in [0.15, 0.2) is 0 Å². The van der Waals surface area contributed by atoms with Crippen molar-refractivity contribution in [2.45, 2.75) is 128 Å². The zero-order valence-corrected chi connectivity index (χ0v) is 16.2. The number of hydrogen-bond acceptors (Lipinski definition) is 2. The second-order valence-corrected chi connectivity index (χ2v) is 8.74. The van der Waals surface area contributed by atoms with E-state index in [1.54, 1.807) is 0 Å². The van der Waals surface area contributed by atoms with Crippen LogP contribution < -0.4 is 0 Å². The third kappa shape index (κ3) is 5.73. The van der Waals surface area contributed by atoms with Gasteiger partial charge in [0.1, 0.15) is 0 Å². The summed E-state index contributed by atoms with van der Waals surface area (Å²) >= 11 is 0. The molecular weight excluding hydrogens is 292 g/mol. The molecule has 2 heteroatoms. The molecule has 0 amide bonds. The molecule has 24 heavy (non-hydrogen) atoms. The molecule has 2 aliphatic carbocycles. The highest BCUT2D eigenvalue weighted by Crippen LogP contribution is 2.29. The van der Waals surface area contributed by atoms with E-state index in [1.165, 1.54) is 129 Å². The molecule has 0 N–H and O–H groups in total. The van der Waals surface area contributed by atoms with Gasteiger partial charge >= 0.3 is 0 Å². The molecule has 3 fully saturated rings. The predicted molar refractivity (Wildman–Crippen MR) is 104 cm³/mol. The van der Waals surface area contributed by atoms with Crippen LogP contribution in [0, 0.1) is 0 Å². The minimum atomic E-state index is 0.855. The molecule has 3 rings (SSSR count). The fourth-order valence-electron chi connectivity index (χ4n) is 5.41.